The molecule has 16 heavy (non-hydrogen) atoms. The Kier molecular flexibility index (Phi) is 3.41. The van der Waals surface area contributed by atoms with E-state index in [1.54, 1.807) is 12.1 Å². The Morgan fingerprint density at radius 2 is 2.25 bits per heavy atom. The Labute approximate surface area is 98.8 Å². The molecule has 0 aliphatic heterocycles. The van der Waals surface area contributed by atoms with E-state index in [9.17, 15) is 10.1 Å². The van der Waals surface area contributed by atoms with Crippen LogP contribution < -0.4 is 5.32 Å². The van der Waals surface area contributed by atoms with Gasteiger partial charge in [-0.15, -0.1) is 0 Å². The molecule has 4 nitrogen and oxygen atoms in total. The Morgan fingerprint density at radius 1 is 1.50 bits per heavy atom. The summed E-state index contributed by atoms with van der Waals surface area (Å²) in [5.74, 6) is 0.770. The van der Waals surface area contributed by atoms with Crippen LogP contribution in [0.25, 0.3) is 0 Å². The van der Waals surface area contributed by atoms with Gasteiger partial charge in [-0.3, -0.25) is 10.1 Å². The van der Waals surface area contributed by atoms with E-state index in [0.717, 1.165) is 12.5 Å². The molecule has 5 heteroatoms. The monoisotopic (exact) mass is 240 g/mol. The zero-order valence-electron chi connectivity index (χ0n) is 8.78. The normalized spacial score (nSPS) is 15.1. The predicted octanol–water partition coefficient (Wildman–Crippen LogP) is 2.75. The molecule has 1 aliphatic carbocycles. The average molecular weight is 241 g/mol. The van der Waals surface area contributed by atoms with E-state index in [2.05, 4.69) is 5.32 Å². The second-order valence-electron chi connectivity index (χ2n) is 4.10. The van der Waals surface area contributed by atoms with E-state index in [-0.39, 0.29) is 10.6 Å². The summed E-state index contributed by atoms with van der Waals surface area (Å²) in [5, 5.41) is 14.4. The highest BCUT2D eigenvalue weighted by molar-refractivity contribution is 6.30. The zero-order valence-corrected chi connectivity index (χ0v) is 9.54. The lowest BCUT2D eigenvalue weighted by Crippen LogP contribution is -2.16. The molecule has 0 heterocycles. The molecule has 1 aromatic rings. The zero-order chi connectivity index (χ0) is 11.5. The van der Waals surface area contributed by atoms with Crippen molar-refractivity contribution in [2.24, 2.45) is 5.92 Å². The molecule has 0 radical (unpaired) electrons. The molecule has 2 rings (SSSR count). The molecule has 86 valence electrons. The van der Waals surface area contributed by atoms with Crippen LogP contribution in [0.15, 0.2) is 18.2 Å². The summed E-state index contributed by atoms with van der Waals surface area (Å²) in [7, 11) is 0. The molecule has 0 bridgehead atoms. The largest absolute Gasteiger partial charge is 0.312 e. The summed E-state index contributed by atoms with van der Waals surface area (Å²) in [5.41, 5.74) is 0.783. The fourth-order valence-electron chi connectivity index (χ4n) is 1.59. The molecule has 1 fully saturated rings. The number of nitro benzene ring substituents is 1. The highest BCUT2D eigenvalue weighted by Crippen LogP contribution is 2.28. The Morgan fingerprint density at radius 3 is 2.88 bits per heavy atom. The first kappa shape index (κ1) is 11.4. The summed E-state index contributed by atoms with van der Waals surface area (Å²) < 4.78 is 0. The SMILES string of the molecule is O=[N+]([O-])c1cc(Cl)ccc1CNCC1CC1. The minimum atomic E-state index is -0.389. The van der Waals surface area contributed by atoms with Gasteiger partial charge in [-0.25, -0.2) is 0 Å². The number of nitrogens with zero attached hydrogens (tertiary/aromatic N) is 1. The molecule has 1 aromatic carbocycles. The fourth-order valence-corrected chi connectivity index (χ4v) is 1.76. The van der Waals surface area contributed by atoms with Crippen molar-refractivity contribution in [1.82, 2.24) is 5.32 Å². The summed E-state index contributed by atoms with van der Waals surface area (Å²) in [6, 6.07) is 4.79. The Bertz CT molecular complexity index is 405. The third-order valence-electron chi connectivity index (χ3n) is 2.69. The van der Waals surface area contributed by atoms with Crippen molar-refractivity contribution in [3.05, 3.63) is 38.9 Å². The standard InChI is InChI=1S/C11H13ClN2O2/c12-10-4-3-9(11(5-10)14(15)16)7-13-6-8-1-2-8/h3-5,8,13H,1-2,6-7H2. The fraction of sp³-hybridized carbons (Fsp3) is 0.455. The van der Waals surface area contributed by atoms with Gasteiger partial charge in [0.1, 0.15) is 0 Å². The van der Waals surface area contributed by atoms with Gasteiger partial charge in [-0.2, -0.15) is 0 Å². The maximum atomic E-state index is 10.8. The maximum absolute atomic E-state index is 10.8. The van der Waals surface area contributed by atoms with E-state index >= 15 is 0 Å². The van der Waals surface area contributed by atoms with E-state index in [0.29, 0.717) is 17.1 Å². The molecular formula is C11H13ClN2O2. The maximum Gasteiger partial charge on any atom is 0.275 e. The summed E-state index contributed by atoms with van der Waals surface area (Å²) in [4.78, 5) is 10.4. The van der Waals surface area contributed by atoms with Crippen LogP contribution in [0.4, 0.5) is 5.69 Å². The van der Waals surface area contributed by atoms with Crippen molar-refractivity contribution in [2.75, 3.05) is 6.54 Å². The first-order chi connectivity index (χ1) is 7.66. The van der Waals surface area contributed by atoms with Gasteiger partial charge in [-0.05, 0) is 37.4 Å². The van der Waals surface area contributed by atoms with E-state index in [4.69, 9.17) is 11.6 Å². The molecule has 0 atom stereocenters. The molecule has 0 unspecified atom stereocenters. The van der Waals surface area contributed by atoms with Gasteiger partial charge in [0.15, 0.2) is 0 Å². The van der Waals surface area contributed by atoms with Crippen LogP contribution in [0.3, 0.4) is 0 Å². The lowest BCUT2D eigenvalue weighted by atomic mass is 10.2. The number of nitro groups is 1. The van der Waals surface area contributed by atoms with Crippen LogP contribution in [-0.2, 0) is 6.54 Å². The van der Waals surface area contributed by atoms with Crippen molar-refractivity contribution in [2.45, 2.75) is 19.4 Å². The van der Waals surface area contributed by atoms with Crippen molar-refractivity contribution >= 4 is 17.3 Å². The van der Waals surface area contributed by atoms with Gasteiger partial charge in [0.2, 0.25) is 0 Å². The quantitative estimate of drug-likeness (QED) is 0.636. The topological polar surface area (TPSA) is 55.2 Å². The van der Waals surface area contributed by atoms with Crippen LogP contribution >= 0.6 is 11.6 Å². The second-order valence-corrected chi connectivity index (χ2v) is 4.54. The number of hydrogen-bond acceptors (Lipinski definition) is 3. The van der Waals surface area contributed by atoms with Crippen LogP contribution in [0, 0.1) is 16.0 Å². The molecule has 1 saturated carbocycles. The number of benzene rings is 1. The first-order valence-electron chi connectivity index (χ1n) is 5.30. The Hall–Kier alpha value is -1.13. The minimum absolute atomic E-state index is 0.0933. The van der Waals surface area contributed by atoms with Crippen LogP contribution in [-0.4, -0.2) is 11.5 Å². The van der Waals surface area contributed by atoms with Gasteiger partial charge in [-0.1, -0.05) is 11.6 Å². The van der Waals surface area contributed by atoms with Crippen molar-refractivity contribution in [3.63, 3.8) is 0 Å². The summed E-state index contributed by atoms with van der Waals surface area (Å²) in [6.45, 7) is 1.48. The second kappa shape index (κ2) is 4.80. The minimum Gasteiger partial charge on any atom is -0.312 e. The van der Waals surface area contributed by atoms with Gasteiger partial charge in [0.05, 0.1) is 4.92 Å². The summed E-state index contributed by atoms with van der Waals surface area (Å²) in [6.07, 6.45) is 2.55. The van der Waals surface area contributed by atoms with Crippen molar-refractivity contribution in [3.8, 4) is 0 Å². The molecule has 0 spiro atoms. The predicted molar refractivity (Wildman–Crippen MR) is 62.5 cm³/mol. The third kappa shape index (κ3) is 2.93. The summed E-state index contributed by atoms with van der Waals surface area (Å²) >= 11 is 5.73. The van der Waals surface area contributed by atoms with Crippen LogP contribution in [0.2, 0.25) is 5.02 Å². The highest BCUT2D eigenvalue weighted by Gasteiger charge is 2.21. The lowest BCUT2D eigenvalue weighted by Gasteiger charge is -2.05. The van der Waals surface area contributed by atoms with E-state index in [1.165, 1.54) is 18.9 Å². The van der Waals surface area contributed by atoms with Gasteiger partial charge < -0.3 is 5.32 Å². The molecule has 0 amide bonds. The molecule has 0 saturated heterocycles. The van der Waals surface area contributed by atoms with Gasteiger partial charge >= 0.3 is 0 Å². The molecular weight excluding hydrogens is 228 g/mol. The molecule has 1 N–H and O–H groups in total. The Balaban J connectivity index is 2.02. The van der Waals surface area contributed by atoms with Crippen LogP contribution in [0.1, 0.15) is 18.4 Å². The number of halogens is 1. The van der Waals surface area contributed by atoms with E-state index in [1.807, 2.05) is 0 Å². The number of nitrogens with one attached hydrogen (secondary N) is 1. The number of rotatable bonds is 5. The molecule has 0 aromatic heterocycles. The van der Waals surface area contributed by atoms with Gasteiger partial charge in [0, 0.05) is 23.2 Å². The smallest absolute Gasteiger partial charge is 0.275 e. The first-order valence-corrected chi connectivity index (χ1v) is 5.68. The van der Waals surface area contributed by atoms with Crippen molar-refractivity contribution in [1.29, 1.82) is 0 Å². The van der Waals surface area contributed by atoms with E-state index < -0.39 is 0 Å². The van der Waals surface area contributed by atoms with Gasteiger partial charge in [0.25, 0.3) is 5.69 Å². The number of hydrogen-bond donors (Lipinski definition) is 1. The third-order valence-corrected chi connectivity index (χ3v) is 2.92. The lowest BCUT2D eigenvalue weighted by molar-refractivity contribution is -0.385. The average Bonchev–Trinajstić information content (AvgIpc) is 3.04. The molecule has 1 aliphatic rings. The van der Waals surface area contributed by atoms with Crippen molar-refractivity contribution < 1.29 is 4.92 Å². The van der Waals surface area contributed by atoms with Crippen LogP contribution in [0.5, 0.6) is 0 Å². The highest BCUT2D eigenvalue weighted by atomic mass is 35.5.